The van der Waals surface area contributed by atoms with Crippen LogP contribution in [0.3, 0.4) is 0 Å². The molecule has 3 heteroatoms. The minimum atomic E-state index is -0.176. The Hall–Kier alpha value is -0.410. The van der Waals surface area contributed by atoms with Crippen LogP contribution in [0.15, 0.2) is 22.7 Å². The number of hydrogen-bond donors (Lipinski definition) is 1. The summed E-state index contributed by atoms with van der Waals surface area (Å²) in [6.45, 7) is 3.11. The molecule has 0 bridgehead atoms. The molecule has 98 valence electrons. The molecule has 0 heterocycles. The van der Waals surface area contributed by atoms with Crippen LogP contribution in [0.25, 0.3) is 0 Å². The molecule has 0 amide bonds. The van der Waals surface area contributed by atoms with Gasteiger partial charge in [-0.2, -0.15) is 0 Å². The van der Waals surface area contributed by atoms with Gasteiger partial charge in [0, 0.05) is 6.04 Å². The molecular weight excluding hydrogens is 293 g/mol. The summed E-state index contributed by atoms with van der Waals surface area (Å²) in [5.41, 5.74) is 1.23. The van der Waals surface area contributed by atoms with Crippen LogP contribution in [-0.2, 0) is 0 Å². The predicted molar refractivity (Wildman–Crippen MR) is 74.8 cm³/mol. The Balaban J connectivity index is 1.83. The standard InChI is InChI=1S/C15H19BrFN/c1-2-18-15(14-10-4-3-5-11(10)14)9-6-7-13(17)12(16)8-9/h6-8,10-11,14-15,18H,2-5H2,1H3. The van der Waals surface area contributed by atoms with Gasteiger partial charge in [0.2, 0.25) is 0 Å². The Morgan fingerprint density at radius 2 is 2.11 bits per heavy atom. The van der Waals surface area contributed by atoms with E-state index in [1.807, 2.05) is 12.1 Å². The first-order valence-corrected chi connectivity index (χ1v) is 7.70. The van der Waals surface area contributed by atoms with Gasteiger partial charge in [-0.15, -0.1) is 0 Å². The second-order valence-electron chi connectivity index (χ2n) is 5.54. The van der Waals surface area contributed by atoms with Crippen LogP contribution in [0.4, 0.5) is 4.39 Å². The fourth-order valence-electron chi connectivity index (χ4n) is 3.77. The Bertz CT molecular complexity index is 438. The maximum absolute atomic E-state index is 13.3. The lowest BCUT2D eigenvalue weighted by Gasteiger charge is -2.20. The Morgan fingerprint density at radius 1 is 1.39 bits per heavy atom. The SMILES string of the molecule is CCNC(c1ccc(F)c(Br)c1)C1C2CCCC21. The van der Waals surface area contributed by atoms with Crippen molar-refractivity contribution in [3.05, 3.63) is 34.1 Å². The van der Waals surface area contributed by atoms with Crippen molar-refractivity contribution < 1.29 is 4.39 Å². The second kappa shape index (κ2) is 4.93. The van der Waals surface area contributed by atoms with Crippen molar-refractivity contribution in [3.63, 3.8) is 0 Å². The lowest BCUT2D eigenvalue weighted by Crippen LogP contribution is -2.24. The first-order valence-electron chi connectivity index (χ1n) is 6.90. The molecule has 1 N–H and O–H groups in total. The van der Waals surface area contributed by atoms with Gasteiger partial charge in [0.05, 0.1) is 4.47 Å². The van der Waals surface area contributed by atoms with Crippen molar-refractivity contribution in [2.45, 2.75) is 32.2 Å². The van der Waals surface area contributed by atoms with Gasteiger partial charge in [-0.1, -0.05) is 19.4 Å². The molecule has 3 atom stereocenters. The van der Waals surface area contributed by atoms with Crippen molar-refractivity contribution in [1.82, 2.24) is 5.32 Å². The predicted octanol–water partition coefficient (Wildman–Crippen LogP) is 4.28. The van der Waals surface area contributed by atoms with E-state index >= 15 is 0 Å². The summed E-state index contributed by atoms with van der Waals surface area (Å²) in [7, 11) is 0. The van der Waals surface area contributed by atoms with E-state index in [1.54, 1.807) is 6.07 Å². The highest BCUT2D eigenvalue weighted by Gasteiger charge is 2.55. The Labute approximate surface area is 116 Å². The number of halogens is 2. The summed E-state index contributed by atoms with van der Waals surface area (Å²) in [6, 6.07) is 5.85. The topological polar surface area (TPSA) is 12.0 Å². The lowest BCUT2D eigenvalue weighted by molar-refractivity contribution is 0.425. The lowest BCUT2D eigenvalue weighted by atomic mass is 9.97. The number of rotatable bonds is 4. The van der Waals surface area contributed by atoms with E-state index in [-0.39, 0.29) is 5.82 Å². The van der Waals surface area contributed by atoms with Crippen LogP contribution in [0.5, 0.6) is 0 Å². The van der Waals surface area contributed by atoms with E-state index in [2.05, 4.69) is 28.2 Å². The van der Waals surface area contributed by atoms with Crippen LogP contribution in [0.1, 0.15) is 37.8 Å². The molecule has 2 aliphatic carbocycles. The van der Waals surface area contributed by atoms with Gasteiger partial charge in [-0.3, -0.25) is 0 Å². The molecule has 0 saturated heterocycles. The molecule has 0 aromatic heterocycles. The van der Waals surface area contributed by atoms with E-state index in [0.29, 0.717) is 10.5 Å². The molecule has 0 spiro atoms. The molecule has 0 radical (unpaired) electrons. The molecule has 2 saturated carbocycles. The zero-order valence-electron chi connectivity index (χ0n) is 10.6. The normalized spacial score (nSPS) is 31.2. The van der Waals surface area contributed by atoms with Gasteiger partial charge >= 0.3 is 0 Å². The van der Waals surface area contributed by atoms with Gasteiger partial charge in [-0.25, -0.2) is 4.39 Å². The molecule has 2 aliphatic rings. The molecule has 18 heavy (non-hydrogen) atoms. The zero-order chi connectivity index (χ0) is 12.7. The zero-order valence-corrected chi connectivity index (χ0v) is 12.2. The largest absolute Gasteiger partial charge is 0.310 e. The molecule has 3 unspecified atom stereocenters. The van der Waals surface area contributed by atoms with Crippen LogP contribution < -0.4 is 5.32 Å². The van der Waals surface area contributed by atoms with Crippen molar-refractivity contribution >= 4 is 15.9 Å². The third-order valence-corrected chi connectivity index (χ3v) is 5.19. The van der Waals surface area contributed by atoms with Crippen molar-refractivity contribution in [3.8, 4) is 0 Å². The van der Waals surface area contributed by atoms with Crippen LogP contribution in [0, 0.1) is 23.6 Å². The molecule has 1 aromatic carbocycles. The highest BCUT2D eigenvalue weighted by molar-refractivity contribution is 9.10. The van der Waals surface area contributed by atoms with E-state index in [0.717, 1.165) is 24.3 Å². The van der Waals surface area contributed by atoms with Gasteiger partial charge < -0.3 is 5.32 Å². The highest BCUT2D eigenvalue weighted by atomic mass is 79.9. The maximum Gasteiger partial charge on any atom is 0.137 e. The summed E-state index contributed by atoms with van der Waals surface area (Å²) >= 11 is 3.29. The third-order valence-electron chi connectivity index (χ3n) is 4.58. The number of hydrogen-bond acceptors (Lipinski definition) is 1. The number of fused-ring (bicyclic) bond motifs is 1. The van der Waals surface area contributed by atoms with Crippen LogP contribution in [0.2, 0.25) is 0 Å². The summed E-state index contributed by atoms with van der Waals surface area (Å²) < 4.78 is 13.9. The monoisotopic (exact) mass is 311 g/mol. The summed E-state index contributed by atoms with van der Waals surface area (Å²) in [6.07, 6.45) is 4.18. The van der Waals surface area contributed by atoms with E-state index < -0.39 is 0 Å². The molecule has 1 aromatic rings. The van der Waals surface area contributed by atoms with E-state index in [9.17, 15) is 4.39 Å². The summed E-state index contributed by atoms with van der Waals surface area (Å²) in [5, 5.41) is 3.59. The van der Waals surface area contributed by atoms with Crippen molar-refractivity contribution in [2.24, 2.45) is 17.8 Å². The fourth-order valence-corrected chi connectivity index (χ4v) is 4.17. The van der Waals surface area contributed by atoms with E-state index in [1.165, 1.54) is 24.8 Å². The van der Waals surface area contributed by atoms with Gasteiger partial charge in [0.25, 0.3) is 0 Å². The second-order valence-corrected chi connectivity index (χ2v) is 6.40. The minimum absolute atomic E-state index is 0.176. The smallest absolute Gasteiger partial charge is 0.137 e. The maximum atomic E-state index is 13.3. The summed E-state index contributed by atoms with van der Waals surface area (Å²) in [5.74, 6) is 2.43. The Morgan fingerprint density at radius 3 is 2.72 bits per heavy atom. The molecule has 3 rings (SSSR count). The highest BCUT2D eigenvalue weighted by Crippen LogP contribution is 2.62. The first kappa shape index (κ1) is 12.6. The number of benzene rings is 1. The Kier molecular flexibility index (Phi) is 3.46. The van der Waals surface area contributed by atoms with Crippen molar-refractivity contribution in [1.29, 1.82) is 0 Å². The molecule has 1 nitrogen and oxygen atoms in total. The fraction of sp³-hybridized carbons (Fsp3) is 0.600. The third kappa shape index (κ3) is 2.12. The number of nitrogens with one attached hydrogen (secondary N) is 1. The molecular formula is C15H19BrFN. The van der Waals surface area contributed by atoms with Crippen molar-refractivity contribution in [2.75, 3.05) is 6.54 Å². The molecule has 0 aliphatic heterocycles. The van der Waals surface area contributed by atoms with Gasteiger partial charge in [-0.05, 0) is 70.8 Å². The average molecular weight is 312 g/mol. The summed E-state index contributed by atoms with van der Waals surface area (Å²) in [4.78, 5) is 0. The molecule has 2 fully saturated rings. The average Bonchev–Trinajstić information content (AvgIpc) is 2.82. The van der Waals surface area contributed by atoms with Gasteiger partial charge in [0.15, 0.2) is 0 Å². The van der Waals surface area contributed by atoms with Crippen LogP contribution >= 0.6 is 15.9 Å². The first-order chi connectivity index (χ1) is 8.72. The minimum Gasteiger partial charge on any atom is -0.310 e. The van der Waals surface area contributed by atoms with Crippen LogP contribution in [-0.4, -0.2) is 6.54 Å². The quantitative estimate of drug-likeness (QED) is 0.875. The van der Waals surface area contributed by atoms with E-state index in [4.69, 9.17) is 0 Å². The van der Waals surface area contributed by atoms with Gasteiger partial charge in [0.1, 0.15) is 5.82 Å².